The smallest absolute Gasteiger partial charge is 0.307 e. The van der Waals surface area contributed by atoms with Crippen molar-refractivity contribution in [2.24, 2.45) is 0 Å². The molecule has 1 unspecified atom stereocenters. The molecule has 148 valence electrons. The zero-order chi connectivity index (χ0) is 20.4. The molecule has 0 radical (unpaired) electrons. The Labute approximate surface area is 164 Å². The summed E-state index contributed by atoms with van der Waals surface area (Å²) in [5.41, 5.74) is 1.45. The van der Waals surface area contributed by atoms with Gasteiger partial charge in [-0.3, -0.25) is 9.59 Å². The van der Waals surface area contributed by atoms with E-state index in [2.05, 4.69) is 10.1 Å². The predicted octanol–water partition coefficient (Wildman–Crippen LogP) is 4.05. The van der Waals surface area contributed by atoms with Crippen molar-refractivity contribution in [2.75, 3.05) is 13.7 Å². The standard InChI is InChI=1S/C22H24FNO4/c1-3-14-28-19-11-4-16(5-12-19)6-13-21(25)24-20(15-22(26)27-2)17-7-9-18(23)10-8-17/h4-13,20H,3,14-15H2,1-2H3,(H,24,25)/b13-6+. The van der Waals surface area contributed by atoms with E-state index in [4.69, 9.17) is 4.74 Å². The number of methoxy groups -OCH3 is 1. The van der Waals surface area contributed by atoms with Crippen LogP contribution in [0, 0.1) is 5.82 Å². The molecule has 0 aliphatic rings. The number of rotatable bonds is 9. The summed E-state index contributed by atoms with van der Waals surface area (Å²) in [7, 11) is 1.28. The fraction of sp³-hybridized carbons (Fsp3) is 0.273. The number of hydrogen-bond donors (Lipinski definition) is 1. The number of esters is 1. The Kier molecular flexibility index (Phi) is 8.21. The molecule has 0 aliphatic carbocycles. The monoisotopic (exact) mass is 385 g/mol. The number of halogens is 1. The van der Waals surface area contributed by atoms with Crippen LogP contribution < -0.4 is 10.1 Å². The van der Waals surface area contributed by atoms with Crippen molar-refractivity contribution in [3.63, 3.8) is 0 Å². The van der Waals surface area contributed by atoms with E-state index in [9.17, 15) is 14.0 Å². The summed E-state index contributed by atoms with van der Waals surface area (Å²) in [5.74, 6) is -0.457. The Balaban J connectivity index is 2.02. The van der Waals surface area contributed by atoms with Crippen molar-refractivity contribution in [1.29, 1.82) is 0 Å². The first-order chi connectivity index (χ1) is 13.5. The van der Waals surface area contributed by atoms with E-state index in [1.807, 2.05) is 31.2 Å². The van der Waals surface area contributed by atoms with Crippen LogP contribution in [0.5, 0.6) is 5.75 Å². The molecule has 0 saturated carbocycles. The van der Waals surface area contributed by atoms with E-state index in [1.54, 1.807) is 6.08 Å². The molecule has 0 saturated heterocycles. The van der Waals surface area contributed by atoms with Gasteiger partial charge in [0.2, 0.25) is 5.91 Å². The highest BCUT2D eigenvalue weighted by Gasteiger charge is 2.18. The molecule has 1 amide bonds. The number of benzene rings is 2. The van der Waals surface area contributed by atoms with E-state index in [0.717, 1.165) is 17.7 Å². The summed E-state index contributed by atoms with van der Waals surface area (Å²) in [5, 5.41) is 2.75. The van der Waals surface area contributed by atoms with Crippen LogP contribution in [0.1, 0.15) is 36.9 Å². The molecule has 0 spiro atoms. The average Bonchev–Trinajstić information content (AvgIpc) is 2.71. The van der Waals surface area contributed by atoms with Gasteiger partial charge >= 0.3 is 5.97 Å². The Morgan fingerprint density at radius 1 is 1.11 bits per heavy atom. The van der Waals surface area contributed by atoms with Crippen LogP contribution in [0.3, 0.4) is 0 Å². The average molecular weight is 385 g/mol. The minimum Gasteiger partial charge on any atom is -0.494 e. The predicted molar refractivity (Wildman–Crippen MR) is 105 cm³/mol. The number of ether oxygens (including phenoxy) is 2. The maximum absolute atomic E-state index is 13.1. The highest BCUT2D eigenvalue weighted by Crippen LogP contribution is 2.18. The highest BCUT2D eigenvalue weighted by molar-refractivity contribution is 5.92. The van der Waals surface area contributed by atoms with E-state index in [-0.39, 0.29) is 12.3 Å². The van der Waals surface area contributed by atoms with Gasteiger partial charge in [0.05, 0.1) is 26.2 Å². The lowest BCUT2D eigenvalue weighted by Gasteiger charge is -2.17. The molecule has 0 heterocycles. The minimum atomic E-state index is -0.616. The van der Waals surface area contributed by atoms with Gasteiger partial charge in [-0.15, -0.1) is 0 Å². The molecule has 0 fully saturated rings. The molecular weight excluding hydrogens is 361 g/mol. The second-order valence-corrected chi connectivity index (χ2v) is 6.14. The minimum absolute atomic E-state index is 0.0504. The van der Waals surface area contributed by atoms with Gasteiger partial charge in [0.15, 0.2) is 0 Å². The lowest BCUT2D eigenvalue weighted by Crippen LogP contribution is -2.29. The molecular formula is C22H24FNO4. The second kappa shape index (κ2) is 10.9. The van der Waals surface area contributed by atoms with Gasteiger partial charge in [-0.05, 0) is 47.9 Å². The van der Waals surface area contributed by atoms with Crippen LogP contribution in [-0.4, -0.2) is 25.6 Å². The van der Waals surface area contributed by atoms with E-state index >= 15 is 0 Å². The van der Waals surface area contributed by atoms with E-state index in [0.29, 0.717) is 12.2 Å². The maximum atomic E-state index is 13.1. The van der Waals surface area contributed by atoms with Crippen molar-refractivity contribution in [1.82, 2.24) is 5.32 Å². The third kappa shape index (κ3) is 6.87. The number of nitrogens with one attached hydrogen (secondary N) is 1. The van der Waals surface area contributed by atoms with Gasteiger partial charge in [-0.2, -0.15) is 0 Å². The summed E-state index contributed by atoms with van der Waals surface area (Å²) < 4.78 is 23.3. The van der Waals surface area contributed by atoms with Crippen molar-refractivity contribution in [2.45, 2.75) is 25.8 Å². The van der Waals surface area contributed by atoms with E-state index < -0.39 is 17.8 Å². The molecule has 1 atom stereocenters. The van der Waals surface area contributed by atoms with Crippen LogP contribution in [0.25, 0.3) is 6.08 Å². The Hall–Kier alpha value is -3.15. The molecule has 5 nitrogen and oxygen atoms in total. The van der Waals surface area contributed by atoms with Crippen molar-refractivity contribution in [3.05, 3.63) is 71.6 Å². The van der Waals surface area contributed by atoms with Gasteiger partial charge in [0.25, 0.3) is 0 Å². The Morgan fingerprint density at radius 3 is 2.39 bits per heavy atom. The third-order valence-electron chi connectivity index (χ3n) is 3.97. The summed E-state index contributed by atoms with van der Waals surface area (Å²) in [6, 6.07) is 12.4. The first kappa shape index (κ1) is 21.2. The van der Waals surface area contributed by atoms with Crippen LogP contribution in [0.15, 0.2) is 54.6 Å². The summed E-state index contributed by atoms with van der Waals surface area (Å²) in [4.78, 5) is 23.9. The molecule has 6 heteroatoms. The molecule has 0 bridgehead atoms. The van der Waals surface area contributed by atoms with Crippen molar-refractivity contribution < 1.29 is 23.5 Å². The van der Waals surface area contributed by atoms with Gasteiger partial charge < -0.3 is 14.8 Å². The fourth-order valence-electron chi connectivity index (χ4n) is 2.48. The van der Waals surface area contributed by atoms with Crippen LogP contribution in [0.4, 0.5) is 4.39 Å². The summed E-state index contributed by atoms with van der Waals surface area (Å²) >= 11 is 0. The molecule has 0 aromatic heterocycles. The molecule has 0 aliphatic heterocycles. The zero-order valence-corrected chi connectivity index (χ0v) is 16.0. The first-order valence-electron chi connectivity index (χ1n) is 9.05. The Bertz CT molecular complexity index is 800. The molecule has 2 aromatic rings. The quantitative estimate of drug-likeness (QED) is 0.522. The number of hydrogen-bond acceptors (Lipinski definition) is 4. The maximum Gasteiger partial charge on any atom is 0.307 e. The molecule has 1 N–H and O–H groups in total. The van der Waals surface area contributed by atoms with Crippen molar-refractivity contribution >= 4 is 18.0 Å². The van der Waals surface area contributed by atoms with Crippen LogP contribution >= 0.6 is 0 Å². The van der Waals surface area contributed by atoms with Crippen LogP contribution in [0.2, 0.25) is 0 Å². The lowest BCUT2D eigenvalue weighted by molar-refractivity contribution is -0.141. The first-order valence-corrected chi connectivity index (χ1v) is 9.05. The largest absolute Gasteiger partial charge is 0.494 e. The number of amides is 1. The highest BCUT2D eigenvalue weighted by atomic mass is 19.1. The Morgan fingerprint density at radius 2 is 1.79 bits per heavy atom. The summed E-state index contributed by atoms with van der Waals surface area (Å²) in [6.45, 7) is 2.69. The lowest BCUT2D eigenvalue weighted by atomic mass is 10.0. The normalized spacial score (nSPS) is 11.8. The topological polar surface area (TPSA) is 64.6 Å². The van der Waals surface area contributed by atoms with Gasteiger partial charge in [0.1, 0.15) is 11.6 Å². The molecule has 28 heavy (non-hydrogen) atoms. The SMILES string of the molecule is CCCOc1ccc(/C=C/C(=O)NC(CC(=O)OC)c2ccc(F)cc2)cc1. The third-order valence-corrected chi connectivity index (χ3v) is 3.97. The zero-order valence-electron chi connectivity index (χ0n) is 16.0. The van der Waals surface area contributed by atoms with Gasteiger partial charge in [0, 0.05) is 6.08 Å². The van der Waals surface area contributed by atoms with E-state index in [1.165, 1.54) is 37.5 Å². The molecule has 2 rings (SSSR count). The fourth-order valence-corrected chi connectivity index (χ4v) is 2.48. The molecule has 2 aromatic carbocycles. The second-order valence-electron chi connectivity index (χ2n) is 6.14. The van der Waals surface area contributed by atoms with Gasteiger partial charge in [-0.1, -0.05) is 31.2 Å². The van der Waals surface area contributed by atoms with Crippen LogP contribution in [-0.2, 0) is 14.3 Å². The summed E-state index contributed by atoms with van der Waals surface area (Å²) in [6.07, 6.45) is 3.93. The number of carbonyl (C=O) groups excluding carboxylic acids is 2. The van der Waals surface area contributed by atoms with Crippen molar-refractivity contribution in [3.8, 4) is 5.75 Å². The van der Waals surface area contributed by atoms with Gasteiger partial charge in [-0.25, -0.2) is 4.39 Å². The number of carbonyl (C=O) groups is 2.